The number of rotatable bonds is 2. The molecule has 2 aliphatic carbocycles. The molecule has 51 heavy (non-hydrogen) atoms. The molecule has 236 valence electrons. The van der Waals surface area contributed by atoms with Crippen molar-refractivity contribution < 1.29 is 0 Å². The molecule has 0 bridgehead atoms. The summed E-state index contributed by atoms with van der Waals surface area (Å²) < 4.78 is 0. The molecule has 0 spiro atoms. The predicted molar refractivity (Wildman–Crippen MR) is 233 cm³/mol. The van der Waals surface area contributed by atoms with Crippen LogP contribution in [-0.2, 0) is 0 Å². The minimum Gasteiger partial charge on any atom is -0.192 e. The van der Waals surface area contributed by atoms with E-state index in [1.165, 1.54) is 5.56 Å². The Bertz CT molecular complexity index is 2670. The zero-order valence-electron chi connectivity index (χ0n) is 27.7. The standard InChI is InChI=1S/C41H26B2N3P5/c1-4-19(14-44)32-27-11-21(35-40(50)38(48)18(3)39(49)41(35)51)6-8-23(27)25-13-30-26(12-29(25)32)24-7-5-20(10-28(24)33(30)22(15-45)16-46)34-31(47)9-17(2)36(42)37(34)43/h1,5-13H,47-51H2,2-3H3/b32-19+. The predicted octanol–water partition coefficient (Wildman–Crippen LogP) is 4.50. The topological polar surface area (TPSA) is 71.4 Å². The summed E-state index contributed by atoms with van der Waals surface area (Å²) >= 11 is 0. The highest BCUT2D eigenvalue weighted by molar-refractivity contribution is 7.39. The van der Waals surface area contributed by atoms with Gasteiger partial charge in [0.05, 0.1) is 0 Å². The summed E-state index contributed by atoms with van der Waals surface area (Å²) in [6.45, 7) is 4.01. The second-order valence-electron chi connectivity index (χ2n) is 12.6. The van der Waals surface area contributed by atoms with Crippen LogP contribution in [0.25, 0.3) is 55.7 Å². The average Bonchev–Trinajstić information content (AvgIpc) is 3.60. The van der Waals surface area contributed by atoms with E-state index in [0.29, 0.717) is 22.1 Å². The lowest BCUT2D eigenvalue weighted by atomic mass is 9.73. The van der Waals surface area contributed by atoms with E-state index in [4.69, 9.17) is 22.1 Å². The minimum absolute atomic E-state index is 0.00191. The van der Waals surface area contributed by atoms with Crippen LogP contribution in [0.2, 0.25) is 0 Å². The number of nitrogens with zero attached hydrogens (tertiary/aromatic N) is 3. The molecule has 0 aliphatic heterocycles. The number of fused-ring (bicyclic) bond motifs is 6. The van der Waals surface area contributed by atoms with Gasteiger partial charge in [-0.1, -0.05) is 47.3 Å². The van der Waals surface area contributed by atoms with Crippen molar-refractivity contribution in [1.29, 1.82) is 15.8 Å². The number of benzene rings is 5. The van der Waals surface area contributed by atoms with Crippen molar-refractivity contribution in [2.45, 2.75) is 13.8 Å². The molecule has 5 aromatic carbocycles. The van der Waals surface area contributed by atoms with Gasteiger partial charge in [-0.05, 0) is 137 Å². The number of hydrogen-bond acceptors (Lipinski definition) is 3. The van der Waals surface area contributed by atoms with Crippen LogP contribution in [0.15, 0.2) is 65.7 Å². The van der Waals surface area contributed by atoms with Gasteiger partial charge in [0.2, 0.25) is 0 Å². The molecule has 3 nitrogen and oxygen atoms in total. The molecule has 10 heteroatoms. The third kappa shape index (κ3) is 5.24. The Balaban J connectivity index is 1.50. The maximum atomic E-state index is 10.3. The van der Waals surface area contributed by atoms with E-state index in [2.05, 4.69) is 95.4 Å². The van der Waals surface area contributed by atoms with Gasteiger partial charge in [0.15, 0.2) is 0 Å². The summed E-state index contributed by atoms with van der Waals surface area (Å²) in [4.78, 5) is 0. The van der Waals surface area contributed by atoms with Gasteiger partial charge in [-0.3, -0.25) is 0 Å². The molecule has 0 aromatic heterocycles. The summed E-state index contributed by atoms with van der Waals surface area (Å²) in [5.74, 6) is 2.64. The average molecular weight is 737 g/mol. The van der Waals surface area contributed by atoms with Gasteiger partial charge >= 0.3 is 0 Å². The normalized spacial score (nSPS) is 12.9. The van der Waals surface area contributed by atoms with E-state index in [1.54, 1.807) is 0 Å². The number of terminal acetylenes is 1. The van der Waals surface area contributed by atoms with Crippen LogP contribution in [0.4, 0.5) is 0 Å². The number of aryl methyl sites for hydroxylation is 1. The van der Waals surface area contributed by atoms with E-state index in [0.717, 1.165) is 98.8 Å². The van der Waals surface area contributed by atoms with Crippen molar-refractivity contribution in [3.8, 4) is 75.1 Å². The number of hydrogen-bond donors (Lipinski definition) is 0. The molecular weight excluding hydrogens is 711 g/mol. The zero-order chi connectivity index (χ0) is 36.6. The summed E-state index contributed by atoms with van der Waals surface area (Å²) in [6.07, 6.45) is 5.99. The Morgan fingerprint density at radius 2 is 1.00 bits per heavy atom. The van der Waals surface area contributed by atoms with E-state index >= 15 is 0 Å². The molecule has 0 fully saturated rings. The Labute approximate surface area is 312 Å². The van der Waals surface area contributed by atoms with Gasteiger partial charge in [0.1, 0.15) is 45.0 Å². The third-order valence-electron chi connectivity index (χ3n) is 9.98. The Hall–Kier alpha value is -4.11. The van der Waals surface area contributed by atoms with Crippen molar-refractivity contribution >= 4 is 110 Å². The minimum atomic E-state index is 0.00191. The molecule has 2 aliphatic rings. The second-order valence-corrected chi connectivity index (χ2v) is 15.5. The first-order valence-corrected chi connectivity index (χ1v) is 18.6. The molecule has 0 heterocycles. The molecule has 0 N–H and O–H groups in total. The summed E-state index contributed by atoms with van der Waals surface area (Å²) in [5, 5.41) is 36.0. The lowest BCUT2D eigenvalue weighted by molar-refractivity contribution is 1.46. The van der Waals surface area contributed by atoms with Gasteiger partial charge in [-0.2, -0.15) is 15.8 Å². The molecule has 4 radical (unpaired) electrons. The van der Waals surface area contributed by atoms with Crippen LogP contribution in [0, 0.1) is 60.2 Å². The van der Waals surface area contributed by atoms with Gasteiger partial charge in [-0.25, -0.2) is 0 Å². The molecule has 0 amide bonds. The highest BCUT2D eigenvalue weighted by Crippen LogP contribution is 2.54. The molecule has 7 rings (SSSR count). The highest BCUT2D eigenvalue weighted by atomic mass is 31.0. The summed E-state index contributed by atoms with van der Waals surface area (Å²) in [6, 6.07) is 24.8. The van der Waals surface area contributed by atoms with Gasteiger partial charge in [-0.15, -0.1) is 58.1 Å². The fourth-order valence-electron chi connectivity index (χ4n) is 7.35. The van der Waals surface area contributed by atoms with Gasteiger partial charge < -0.3 is 0 Å². The van der Waals surface area contributed by atoms with Crippen molar-refractivity contribution in [1.82, 2.24) is 0 Å². The second kappa shape index (κ2) is 13.1. The SMILES string of the molecule is [B]c1c(C)cc(P)c(-c2ccc3c(c2)C(=C(C#N)C#N)c2cc4c(cc2-3)/C(=C(\C#C)C#N)c2cc(-c3c(P)c(P)c(C)c(P)c3P)ccc2-4)c1[B]. The van der Waals surface area contributed by atoms with Gasteiger partial charge in [0.25, 0.3) is 0 Å². The highest BCUT2D eigenvalue weighted by Gasteiger charge is 2.34. The van der Waals surface area contributed by atoms with Crippen molar-refractivity contribution in [3.63, 3.8) is 0 Å². The zero-order valence-corrected chi connectivity index (χ0v) is 33.4. The van der Waals surface area contributed by atoms with E-state index < -0.39 is 0 Å². The Morgan fingerprint density at radius 1 is 0.549 bits per heavy atom. The van der Waals surface area contributed by atoms with Crippen molar-refractivity contribution in [2.24, 2.45) is 0 Å². The van der Waals surface area contributed by atoms with Crippen molar-refractivity contribution in [2.75, 3.05) is 0 Å². The van der Waals surface area contributed by atoms with Gasteiger partial charge in [0, 0.05) is 11.1 Å². The Kier molecular flexibility index (Phi) is 9.09. The fourth-order valence-corrected chi connectivity index (χ4v) is 9.93. The monoisotopic (exact) mass is 737 g/mol. The number of nitriles is 3. The van der Waals surface area contributed by atoms with E-state index in [-0.39, 0.29) is 11.1 Å². The van der Waals surface area contributed by atoms with Crippen LogP contribution >= 0.6 is 46.2 Å². The van der Waals surface area contributed by atoms with Crippen LogP contribution in [0.1, 0.15) is 33.4 Å². The lowest BCUT2D eigenvalue weighted by Gasteiger charge is -2.19. The molecule has 5 unspecified atom stereocenters. The Morgan fingerprint density at radius 3 is 1.47 bits per heavy atom. The van der Waals surface area contributed by atoms with Crippen LogP contribution in [0.3, 0.4) is 0 Å². The van der Waals surface area contributed by atoms with E-state index in [9.17, 15) is 15.8 Å². The summed E-state index contributed by atoms with van der Waals surface area (Å²) in [7, 11) is 27.1. The number of allylic oxidation sites excluding steroid dienone is 2. The quantitative estimate of drug-likeness (QED) is 0.114. The maximum absolute atomic E-state index is 10.3. The fraction of sp³-hybridized carbons (Fsp3) is 0.0488. The first-order valence-electron chi connectivity index (χ1n) is 15.7. The van der Waals surface area contributed by atoms with E-state index in [1.807, 2.05) is 43.3 Å². The smallest absolute Gasteiger partial charge is 0.138 e. The third-order valence-corrected chi connectivity index (χ3v) is 13.8. The molecule has 5 atom stereocenters. The molecule has 5 aromatic rings. The van der Waals surface area contributed by atoms with Crippen LogP contribution in [0.5, 0.6) is 0 Å². The van der Waals surface area contributed by atoms with Crippen molar-refractivity contribution in [3.05, 3.63) is 99.1 Å². The van der Waals surface area contributed by atoms with Crippen LogP contribution < -0.4 is 37.4 Å². The first kappa shape index (κ1) is 35.3. The first-order chi connectivity index (χ1) is 24.4. The summed E-state index contributed by atoms with van der Waals surface area (Å²) in [5.41, 5.74) is 14.8. The lowest BCUT2D eigenvalue weighted by Crippen LogP contribution is -2.33. The maximum Gasteiger partial charge on any atom is 0.138 e. The molecule has 0 saturated heterocycles. The molecular formula is C41H26B2N3P5. The largest absolute Gasteiger partial charge is 0.192 e. The molecule has 0 saturated carbocycles. The van der Waals surface area contributed by atoms with Crippen LogP contribution in [-0.4, -0.2) is 15.7 Å².